The summed E-state index contributed by atoms with van der Waals surface area (Å²) < 4.78 is 0. The van der Waals surface area contributed by atoms with Gasteiger partial charge in [-0.1, -0.05) is 13.3 Å². The number of aliphatic hydroxyl groups excluding tert-OH is 1. The fourth-order valence-electron chi connectivity index (χ4n) is 3.30. The highest BCUT2D eigenvalue weighted by atomic mass is 16.3. The van der Waals surface area contributed by atoms with E-state index in [4.69, 9.17) is 0 Å². The van der Waals surface area contributed by atoms with Crippen molar-refractivity contribution in [2.45, 2.75) is 63.6 Å². The number of fused-ring (bicyclic) bond motifs is 2. The molecule has 2 saturated heterocycles. The Balaban J connectivity index is 1.92. The zero-order valence-electron chi connectivity index (χ0n) is 9.45. The van der Waals surface area contributed by atoms with Gasteiger partial charge in [0.25, 0.3) is 0 Å². The molecule has 2 nitrogen and oxygen atoms in total. The Kier molecular flexibility index (Phi) is 3.13. The van der Waals surface area contributed by atoms with Crippen LogP contribution in [0.2, 0.25) is 0 Å². The van der Waals surface area contributed by atoms with Crippen LogP contribution in [0.3, 0.4) is 0 Å². The molecule has 0 aromatic rings. The highest BCUT2D eigenvalue weighted by Gasteiger charge is 2.40. The van der Waals surface area contributed by atoms with Gasteiger partial charge in [0.2, 0.25) is 0 Å². The van der Waals surface area contributed by atoms with Crippen LogP contribution in [0.4, 0.5) is 0 Å². The summed E-state index contributed by atoms with van der Waals surface area (Å²) in [6, 6.07) is 1.54. The molecular weight excluding hydrogens is 174 g/mol. The third kappa shape index (κ3) is 1.82. The van der Waals surface area contributed by atoms with Gasteiger partial charge in [0.1, 0.15) is 0 Å². The smallest absolute Gasteiger partial charge is 0.0569 e. The number of piperidine rings is 1. The lowest BCUT2D eigenvalue weighted by Crippen LogP contribution is -2.43. The fraction of sp³-hybridized carbons (Fsp3) is 1.00. The monoisotopic (exact) mass is 197 g/mol. The Hall–Kier alpha value is -0.0800. The van der Waals surface area contributed by atoms with Crippen LogP contribution in [0.5, 0.6) is 0 Å². The minimum Gasteiger partial charge on any atom is -0.393 e. The predicted octanol–water partition coefficient (Wildman–Crippen LogP) is 2.02. The van der Waals surface area contributed by atoms with Crippen molar-refractivity contribution in [1.29, 1.82) is 0 Å². The van der Waals surface area contributed by atoms with E-state index in [0.29, 0.717) is 5.92 Å². The van der Waals surface area contributed by atoms with E-state index in [1.54, 1.807) is 0 Å². The lowest BCUT2D eigenvalue weighted by Gasteiger charge is -2.38. The summed E-state index contributed by atoms with van der Waals surface area (Å²) in [6.45, 7) is 2.16. The Morgan fingerprint density at radius 2 is 1.86 bits per heavy atom. The average molecular weight is 197 g/mol. The summed E-state index contributed by atoms with van der Waals surface area (Å²) in [7, 11) is 2.25. The first-order valence-electron chi connectivity index (χ1n) is 6.12. The Morgan fingerprint density at radius 1 is 1.29 bits per heavy atom. The van der Waals surface area contributed by atoms with Crippen molar-refractivity contribution in [1.82, 2.24) is 4.90 Å². The average Bonchev–Trinajstić information content (AvgIpc) is 2.42. The lowest BCUT2D eigenvalue weighted by atomic mass is 9.85. The van der Waals surface area contributed by atoms with Crippen LogP contribution in [0.1, 0.15) is 45.4 Å². The van der Waals surface area contributed by atoms with Crippen molar-refractivity contribution >= 4 is 0 Å². The molecule has 2 aliphatic heterocycles. The number of hydrogen-bond donors (Lipinski definition) is 1. The van der Waals surface area contributed by atoms with Crippen molar-refractivity contribution in [2.24, 2.45) is 5.92 Å². The summed E-state index contributed by atoms with van der Waals surface area (Å²) in [5.41, 5.74) is 0. The minimum absolute atomic E-state index is 0.0307. The van der Waals surface area contributed by atoms with Gasteiger partial charge in [-0.05, 0) is 45.1 Å². The molecule has 2 heterocycles. The highest BCUT2D eigenvalue weighted by molar-refractivity contribution is 4.94. The van der Waals surface area contributed by atoms with E-state index in [0.717, 1.165) is 24.9 Å². The maximum absolute atomic E-state index is 10.0. The molecule has 0 saturated carbocycles. The first-order chi connectivity index (χ1) is 6.72. The molecule has 3 unspecified atom stereocenters. The third-order valence-corrected chi connectivity index (χ3v) is 4.26. The van der Waals surface area contributed by atoms with Gasteiger partial charge in [0.15, 0.2) is 0 Å². The van der Waals surface area contributed by atoms with Gasteiger partial charge in [-0.25, -0.2) is 0 Å². The Labute approximate surface area is 87.3 Å². The molecule has 1 N–H and O–H groups in total. The van der Waals surface area contributed by atoms with E-state index >= 15 is 0 Å². The highest BCUT2D eigenvalue weighted by Crippen LogP contribution is 2.39. The molecule has 0 aromatic carbocycles. The minimum atomic E-state index is -0.0307. The zero-order valence-corrected chi connectivity index (χ0v) is 9.45. The second-order valence-electron chi connectivity index (χ2n) is 5.14. The second-order valence-corrected chi connectivity index (χ2v) is 5.14. The van der Waals surface area contributed by atoms with Crippen LogP contribution in [-0.2, 0) is 0 Å². The topological polar surface area (TPSA) is 23.5 Å². The molecular formula is C12H23NO. The van der Waals surface area contributed by atoms with Crippen LogP contribution in [0.25, 0.3) is 0 Å². The van der Waals surface area contributed by atoms with Crippen molar-refractivity contribution in [3.8, 4) is 0 Å². The van der Waals surface area contributed by atoms with Crippen LogP contribution < -0.4 is 0 Å². The Bertz CT molecular complexity index is 181. The van der Waals surface area contributed by atoms with Gasteiger partial charge in [-0.15, -0.1) is 0 Å². The van der Waals surface area contributed by atoms with Gasteiger partial charge in [0.05, 0.1) is 6.10 Å². The van der Waals surface area contributed by atoms with Gasteiger partial charge < -0.3 is 10.0 Å². The van der Waals surface area contributed by atoms with Crippen LogP contribution >= 0.6 is 0 Å². The molecule has 82 valence electrons. The first kappa shape index (κ1) is 10.4. The molecule has 2 heteroatoms. The van der Waals surface area contributed by atoms with Crippen LogP contribution in [0.15, 0.2) is 0 Å². The summed E-state index contributed by atoms with van der Waals surface area (Å²) in [5, 5.41) is 10.0. The van der Waals surface area contributed by atoms with Crippen LogP contribution in [-0.4, -0.2) is 35.2 Å². The Morgan fingerprint density at radius 3 is 2.36 bits per heavy atom. The summed E-state index contributed by atoms with van der Waals surface area (Å²) in [4.78, 5) is 2.54. The number of rotatable bonds is 3. The predicted molar refractivity (Wildman–Crippen MR) is 58.2 cm³/mol. The molecule has 14 heavy (non-hydrogen) atoms. The van der Waals surface area contributed by atoms with Crippen molar-refractivity contribution in [3.63, 3.8) is 0 Å². The molecule has 0 spiro atoms. The van der Waals surface area contributed by atoms with Gasteiger partial charge in [-0.3, -0.25) is 0 Å². The molecule has 0 aliphatic carbocycles. The van der Waals surface area contributed by atoms with E-state index in [1.165, 1.54) is 25.7 Å². The second kappa shape index (κ2) is 4.19. The molecule has 3 atom stereocenters. The normalized spacial score (nSPS) is 40.1. The van der Waals surface area contributed by atoms with Crippen molar-refractivity contribution < 1.29 is 5.11 Å². The molecule has 2 fully saturated rings. The molecule has 2 bridgehead atoms. The molecule has 2 rings (SSSR count). The van der Waals surface area contributed by atoms with Gasteiger partial charge >= 0.3 is 0 Å². The van der Waals surface area contributed by atoms with E-state index in [9.17, 15) is 5.11 Å². The quantitative estimate of drug-likeness (QED) is 0.748. The summed E-state index contributed by atoms with van der Waals surface area (Å²) in [6.07, 6.45) is 7.25. The van der Waals surface area contributed by atoms with Gasteiger partial charge in [0, 0.05) is 12.1 Å². The fourth-order valence-corrected chi connectivity index (χ4v) is 3.30. The number of aliphatic hydroxyl groups is 1. The summed E-state index contributed by atoms with van der Waals surface area (Å²) >= 11 is 0. The molecule has 0 aromatic heterocycles. The van der Waals surface area contributed by atoms with Crippen molar-refractivity contribution in [2.75, 3.05) is 7.05 Å². The van der Waals surface area contributed by atoms with E-state index in [2.05, 4.69) is 18.9 Å². The molecule has 0 radical (unpaired) electrons. The maximum Gasteiger partial charge on any atom is 0.0569 e. The first-order valence-corrected chi connectivity index (χ1v) is 6.12. The van der Waals surface area contributed by atoms with E-state index in [-0.39, 0.29) is 6.10 Å². The maximum atomic E-state index is 10.0. The number of hydrogen-bond acceptors (Lipinski definition) is 2. The third-order valence-electron chi connectivity index (χ3n) is 4.26. The lowest BCUT2D eigenvalue weighted by molar-refractivity contribution is 0.0315. The largest absolute Gasteiger partial charge is 0.393 e. The molecule has 0 amide bonds. The van der Waals surface area contributed by atoms with Crippen LogP contribution in [0, 0.1) is 5.92 Å². The van der Waals surface area contributed by atoms with Gasteiger partial charge in [-0.2, -0.15) is 0 Å². The standard InChI is InChI=1S/C12H23NO/c1-3-4-12(14)9-7-10-5-6-11(8-9)13(10)2/h9-12,14H,3-8H2,1-2H3. The van der Waals surface area contributed by atoms with Crippen molar-refractivity contribution in [3.05, 3.63) is 0 Å². The van der Waals surface area contributed by atoms with E-state index in [1.807, 2.05) is 0 Å². The molecule has 2 aliphatic rings. The zero-order chi connectivity index (χ0) is 10.1. The summed E-state index contributed by atoms with van der Waals surface area (Å²) in [5.74, 6) is 0.587. The SMILES string of the molecule is CCCC(O)C1CC2CCC(C1)N2C. The van der Waals surface area contributed by atoms with E-state index < -0.39 is 0 Å². The number of nitrogens with zero attached hydrogens (tertiary/aromatic N) is 1.